The minimum absolute atomic E-state index is 0.247. The molecule has 9 nitrogen and oxygen atoms in total. The standard InChI is InChI=1S/C13H18O9/c1-6(14)18-5-10-11(19-7(2)15)12(20-8(3)16)13(22-10)21-9(4)17/h10-13H,5H2,1-4H3/t10-,11+,12+,13+/m0/s1. The molecule has 124 valence electrons. The third-order valence-corrected chi connectivity index (χ3v) is 2.60. The Bertz CT molecular complexity index is 458. The summed E-state index contributed by atoms with van der Waals surface area (Å²) in [7, 11) is 0. The minimum atomic E-state index is -1.26. The van der Waals surface area contributed by atoms with Gasteiger partial charge in [-0.3, -0.25) is 19.2 Å². The molecule has 0 aromatic carbocycles. The lowest BCUT2D eigenvalue weighted by atomic mass is 10.1. The summed E-state index contributed by atoms with van der Waals surface area (Å²) in [6, 6.07) is 0. The SMILES string of the molecule is CC(=O)OC[C@@H]1O[C@@H](OC(C)=O)[C@H](OC(C)=O)[C@@H]1OC(C)=O. The molecule has 4 atom stereocenters. The molecule has 1 fully saturated rings. The number of esters is 4. The third kappa shape index (κ3) is 5.32. The summed E-state index contributed by atoms with van der Waals surface area (Å²) in [6.07, 6.45) is -4.40. The zero-order valence-corrected chi connectivity index (χ0v) is 12.7. The predicted octanol–water partition coefficient (Wildman–Crippen LogP) is -0.299. The molecular formula is C13H18O9. The van der Waals surface area contributed by atoms with Crippen LogP contribution in [0.3, 0.4) is 0 Å². The van der Waals surface area contributed by atoms with E-state index in [-0.39, 0.29) is 6.61 Å². The van der Waals surface area contributed by atoms with Gasteiger partial charge in [-0.2, -0.15) is 0 Å². The van der Waals surface area contributed by atoms with Gasteiger partial charge >= 0.3 is 23.9 Å². The molecule has 1 saturated heterocycles. The molecule has 0 radical (unpaired) electrons. The van der Waals surface area contributed by atoms with Gasteiger partial charge in [0.15, 0.2) is 6.10 Å². The highest BCUT2D eigenvalue weighted by Gasteiger charge is 2.51. The summed E-state index contributed by atoms with van der Waals surface area (Å²) in [5.41, 5.74) is 0. The van der Waals surface area contributed by atoms with Crippen molar-refractivity contribution in [2.24, 2.45) is 0 Å². The van der Waals surface area contributed by atoms with Gasteiger partial charge in [0.2, 0.25) is 12.4 Å². The number of rotatable bonds is 5. The molecule has 1 aliphatic rings. The fourth-order valence-corrected chi connectivity index (χ4v) is 1.93. The van der Waals surface area contributed by atoms with Gasteiger partial charge in [-0.25, -0.2) is 0 Å². The zero-order chi connectivity index (χ0) is 16.9. The Morgan fingerprint density at radius 1 is 0.773 bits per heavy atom. The van der Waals surface area contributed by atoms with Gasteiger partial charge in [0, 0.05) is 27.7 Å². The van der Waals surface area contributed by atoms with Crippen LogP contribution in [-0.4, -0.2) is 55.1 Å². The molecule has 1 rings (SSSR count). The van der Waals surface area contributed by atoms with Gasteiger partial charge in [-0.1, -0.05) is 0 Å². The van der Waals surface area contributed by atoms with Crippen molar-refractivity contribution in [1.82, 2.24) is 0 Å². The van der Waals surface area contributed by atoms with Crippen LogP contribution in [0.4, 0.5) is 0 Å². The van der Waals surface area contributed by atoms with Gasteiger partial charge in [0.25, 0.3) is 0 Å². The average Bonchev–Trinajstić information content (AvgIpc) is 2.63. The quantitative estimate of drug-likeness (QED) is 0.497. The summed E-state index contributed by atoms with van der Waals surface area (Å²) in [4.78, 5) is 44.4. The van der Waals surface area contributed by atoms with Crippen LogP contribution < -0.4 is 0 Å². The second-order valence-corrected chi connectivity index (χ2v) is 4.60. The molecule has 9 heteroatoms. The lowest BCUT2D eigenvalue weighted by Gasteiger charge is -2.22. The number of hydrogen-bond donors (Lipinski definition) is 0. The summed E-state index contributed by atoms with van der Waals surface area (Å²) in [5.74, 6) is -2.56. The maximum atomic E-state index is 11.2. The zero-order valence-electron chi connectivity index (χ0n) is 12.7. The van der Waals surface area contributed by atoms with Crippen molar-refractivity contribution in [3.8, 4) is 0 Å². The number of carbonyl (C=O) groups is 4. The topological polar surface area (TPSA) is 114 Å². The van der Waals surface area contributed by atoms with Crippen LogP contribution in [0.1, 0.15) is 27.7 Å². The first-order chi connectivity index (χ1) is 10.2. The highest BCUT2D eigenvalue weighted by molar-refractivity contribution is 5.68. The maximum absolute atomic E-state index is 11.2. The Hall–Kier alpha value is -2.16. The first-order valence-electron chi connectivity index (χ1n) is 6.51. The first kappa shape index (κ1) is 17.9. The summed E-state index contributed by atoms with van der Waals surface area (Å²) in [5, 5.41) is 0. The molecule has 0 aliphatic carbocycles. The fourth-order valence-electron chi connectivity index (χ4n) is 1.93. The Balaban J connectivity index is 2.94. The van der Waals surface area contributed by atoms with Crippen molar-refractivity contribution in [3.05, 3.63) is 0 Å². The first-order valence-corrected chi connectivity index (χ1v) is 6.51. The molecule has 0 aromatic heterocycles. The summed E-state index contributed by atoms with van der Waals surface area (Å²) in [6.45, 7) is 4.40. The number of hydrogen-bond acceptors (Lipinski definition) is 9. The van der Waals surface area contributed by atoms with Gasteiger partial charge in [0.1, 0.15) is 12.7 Å². The molecule has 0 N–H and O–H groups in total. The minimum Gasteiger partial charge on any atom is -0.463 e. The Labute approximate surface area is 126 Å². The Kier molecular flexibility index (Phi) is 6.29. The van der Waals surface area contributed by atoms with Gasteiger partial charge in [0.05, 0.1) is 0 Å². The monoisotopic (exact) mass is 318 g/mol. The lowest BCUT2D eigenvalue weighted by molar-refractivity contribution is -0.197. The number of ether oxygens (including phenoxy) is 5. The van der Waals surface area contributed by atoms with Crippen LogP contribution in [0.15, 0.2) is 0 Å². The van der Waals surface area contributed by atoms with E-state index in [1.54, 1.807) is 0 Å². The predicted molar refractivity (Wildman–Crippen MR) is 68.2 cm³/mol. The van der Waals surface area contributed by atoms with Crippen molar-refractivity contribution in [2.45, 2.75) is 52.3 Å². The van der Waals surface area contributed by atoms with Crippen LogP contribution in [0.5, 0.6) is 0 Å². The van der Waals surface area contributed by atoms with Crippen LogP contribution in [-0.2, 0) is 42.9 Å². The highest BCUT2D eigenvalue weighted by Crippen LogP contribution is 2.28. The maximum Gasteiger partial charge on any atom is 0.305 e. The van der Waals surface area contributed by atoms with E-state index in [2.05, 4.69) is 0 Å². The molecule has 1 heterocycles. The smallest absolute Gasteiger partial charge is 0.305 e. The van der Waals surface area contributed by atoms with Gasteiger partial charge < -0.3 is 23.7 Å². The average molecular weight is 318 g/mol. The summed E-state index contributed by atoms with van der Waals surface area (Å²) < 4.78 is 25.2. The van der Waals surface area contributed by atoms with Gasteiger partial charge in [-0.05, 0) is 0 Å². The molecular weight excluding hydrogens is 300 g/mol. The van der Waals surface area contributed by atoms with Crippen molar-refractivity contribution in [1.29, 1.82) is 0 Å². The second-order valence-electron chi connectivity index (χ2n) is 4.60. The van der Waals surface area contributed by atoms with E-state index >= 15 is 0 Å². The van der Waals surface area contributed by atoms with Crippen LogP contribution in [0, 0.1) is 0 Å². The lowest BCUT2D eigenvalue weighted by Crippen LogP contribution is -2.42. The van der Waals surface area contributed by atoms with E-state index in [9.17, 15) is 19.2 Å². The molecule has 0 spiro atoms. The van der Waals surface area contributed by atoms with E-state index < -0.39 is 48.5 Å². The molecule has 0 aromatic rings. The van der Waals surface area contributed by atoms with E-state index in [0.29, 0.717) is 0 Å². The molecule has 1 aliphatic heterocycles. The van der Waals surface area contributed by atoms with Crippen LogP contribution >= 0.6 is 0 Å². The number of carbonyl (C=O) groups excluding carboxylic acids is 4. The van der Waals surface area contributed by atoms with Crippen LogP contribution in [0.2, 0.25) is 0 Å². The molecule has 0 unspecified atom stereocenters. The second kappa shape index (κ2) is 7.74. The van der Waals surface area contributed by atoms with Crippen molar-refractivity contribution >= 4 is 23.9 Å². The summed E-state index contributed by atoms with van der Waals surface area (Å²) >= 11 is 0. The Morgan fingerprint density at radius 2 is 1.27 bits per heavy atom. The van der Waals surface area contributed by atoms with Gasteiger partial charge in [-0.15, -0.1) is 0 Å². The van der Waals surface area contributed by atoms with E-state index in [1.165, 1.54) is 6.92 Å². The van der Waals surface area contributed by atoms with E-state index in [0.717, 1.165) is 20.8 Å². The third-order valence-electron chi connectivity index (χ3n) is 2.60. The van der Waals surface area contributed by atoms with E-state index in [1.807, 2.05) is 0 Å². The molecule has 22 heavy (non-hydrogen) atoms. The molecule has 0 amide bonds. The normalized spacial score (nSPS) is 26.9. The van der Waals surface area contributed by atoms with E-state index in [4.69, 9.17) is 23.7 Å². The van der Waals surface area contributed by atoms with Crippen molar-refractivity contribution < 1.29 is 42.9 Å². The fraction of sp³-hybridized carbons (Fsp3) is 0.692. The molecule has 0 saturated carbocycles. The molecule has 0 bridgehead atoms. The van der Waals surface area contributed by atoms with Crippen LogP contribution in [0.25, 0.3) is 0 Å². The Morgan fingerprint density at radius 3 is 1.73 bits per heavy atom. The largest absolute Gasteiger partial charge is 0.463 e. The van der Waals surface area contributed by atoms with Crippen molar-refractivity contribution in [3.63, 3.8) is 0 Å². The highest BCUT2D eigenvalue weighted by atomic mass is 16.8. The van der Waals surface area contributed by atoms with Crippen molar-refractivity contribution in [2.75, 3.05) is 6.61 Å².